The Balaban J connectivity index is 0.00000225. The fraction of sp³-hybridized carbons (Fsp3) is 0.261. The van der Waals surface area contributed by atoms with E-state index in [1.165, 1.54) is 16.7 Å². The maximum absolute atomic E-state index is 8.93. The minimum atomic E-state index is 0. The van der Waals surface area contributed by atoms with Gasteiger partial charge in [-0.1, -0.05) is 18.2 Å². The van der Waals surface area contributed by atoms with E-state index in [4.69, 9.17) is 10.2 Å². The molecular formula is C23H26Cl2N4S. The van der Waals surface area contributed by atoms with Gasteiger partial charge in [0, 0.05) is 31.0 Å². The first kappa shape index (κ1) is 25.6. The Morgan fingerprint density at radius 2 is 1.83 bits per heavy atom. The highest BCUT2D eigenvalue weighted by molar-refractivity contribution is 7.10. The van der Waals surface area contributed by atoms with E-state index >= 15 is 0 Å². The fourth-order valence-corrected chi connectivity index (χ4v) is 3.66. The number of nitrogens with zero attached hydrogens (tertiary/aromatic N) is 4. The summed E-state index contributed by atoms with van der Waals surface area (Å²) in [5.74, 6) is 0. The Bertz CT molecular complexity index is 1040. The summed E-state index contributed by atoms with van der Waals surface area (Å²) in [7, 11) is 2.02. The number of aryl methyl sites for hydroxylation is 2. The van der Waals surface area contributed by atoms with Gasteiger partial charge in [0.25, 0.3) is 0 Å². The summed E-state index contributed by atoms with van der Waals surface area (Å²) in [4.78, 5) is 11.5. The van der Waals surface area contributed by atoms with E-state index < -0.39 is 0 Å². The van der Waals surface area contributed by atoms with Gasteiger partial charge in [-0.25, -0.2) is 9.98 Å². The maximum Gasteiger partial charge on any atom is 0.0991 e. The number of rotatable bonds is 6. The number of nitriles is 1. The molecule has 0 amide bonds. The zero-order valence-electron chi connectivity index (χ0n) is 17.5. The molecule has 0 saturated carbocycles. The van der Waals surface area contributed by atoms with Crippen molar-refractivity contribution in [1.82, 2.24) is 9.88 Å². The van der Waals surface area contributed by atoms with Gasteiger partial charge in [-0.05, 0) is 55.7 Å². The maximum atomic E-state index is 8.93. The lowest BCUT2D eigenvalue weighted by atomic mass is 10.0. The van der Waals surface area contributed by atoms with Gasteiger partial charge in [0.1, 0.15) is 0 Å². The molecule has 0 saturated heterocycles. The van der Waals surface area contributed by atoms with Gasteiger partial charge in [-0.2, -0.15) is 5.26 Å². The van der Waals surface area contributed by atoms with E-state index in [0.29, 0.717) is 5.56 Å². The molecule has 30 heavy (non-hydrogen) atoms. The second-order valence-corrected chi connectivity index (χ2v) is 7.82. The van der Waals surface area contributed by atoms with Crippen molar-refractivity contribution in [3.8, 4) is 17.3 Å². The summed E-state index contributed by atoms with van der Waals surface area (Å²) in [5.41, 5.74) is 7.36. The number of aliphatic imine (C=N–C) groups is 1. The molecule has 3 aromatic rings. The number of hydrogen-bond donors (Lipinski definition) is 0. The highest BCUT2D eigenvalue weighted by Gasteiger charge is 2.09. The normalized spacial score (nSPS) is 10.2. The topological polar surface area (TPSA) is 52.3 Å². The SMILES string of the molecule is CCN(C)C=Nc1cc(C)c(Cc2nc(-c3ccc(C#N)cc3)cs2)cc1C.Cl.Cl. The fourth-order valence-electron chi connectivity index (χ4n) is 2.84. The molecule has 0 atom stereocenters. The van der Waals surface area contributed by atoms with Gasteiger partial charge in [0.05, 0.1) is 34.4 Å². The number of halogens is 2. The number of thiazole rings is 1. The van der Waals surface area contributed by atoms with Crippen molar-refractivity contribution in [2.24, 2.45) is 4.99 Å². The molecule has 0 N–H and O–H groups in total. The summed E-state index contributed by atoms with van der Waals surface area (Å²) < 4.78 is 0. The smallest absolute Gasteiger partial charge is 0.0991 e. The lowest BCUT2D eigenvalue weighted by molar-refractivity contribution is 0.552. The van der Waals surface area contributed by atoms with E-state index in [2.05, 4.69) is 54.2 Å². The molecule has 1 heterocycles. The third-order valence-corrected chi connectivity index (χ3v) is 5.60. The van der Waals surface area contributed by atoms with Crippen LogP contribution in [0.1, 0.15) is 34.2 Å². The molecule has 0 aliphatic carbocycles. The highest BCUT2D eigenvalue weighted by atomic mass is 35.5. The molecule has 158 valence electrons. The minimum absolute atomic E-state index is 0. The van der Waals surface area contributed by atoms with Crippen LogP contribution in [0, 0.1) is 25.2 Å². The lowest BCUT2D eigenvalue weighted by Crippen LogP contribution is -2.14. The predicted octanol–water partition coefficient (Wildman–Crippen LogP) is 6.34. The van der Waals surface area contributed by atoms with E-state index in [1.807, 2.05) is 37.7 Å². The summed E-state index contributed by atoms with van der Waals surface area (Å²) in [6.07, 6.45) is 2.69. The Morgan fingerprint density at radius 1 is 1.13 bits per heavy atom. The van der Waals surface area contributed by atoms with Gasteiger partial charge in [0.2, 0.25) is 0 Å². The summed E-state index contributed by atoms with van der Waals surface area (Å²) in [5, 5.41) is 12.1. The molecule has 1 aromatic heterocycles. The number of aromatic nitrogens is 1. The van der Waals surface area contributed by atoms with E-state index in [0.717, 1.165) is 34.9 Å². The average Bonchev–Trinajstić information content (AvgIpc) is 3.17. The zero-order chi connectivity index (χ0) is 20.1. The Morgan fingerprint density at radius 3 is 2.47 bits per heavy atom. The molecule has 2 aromatic carbocycles. The molecule has 3 rings (SSSR count). The molecule has 0 radical (unpaired) electrons. The Hall–Kier alpha value is -2.39. The highest BCUT2D eigenvalue weighted by Crippen LogP contribution is 2.28. The molecule has 7 heteroatoms. The van der Waals surface area contributed by atoms with Crippen molar-refractivity contribution >= 4 is 48.2 Å². The quantitative estimate of drug-likeness (QED) is 0.318. The van der Waals surface area contributed by atoms with Crippen LogP contribution in [-0.4, -0.2) is 29.8 Å². The minimum Gasteiger partial charge on any atom is -0.366 e. The van der Waals surface area contributed by atoms with Crippen LogP contribution in [0.2, 0.25) is 0 Å². The van der Waals surface area contributed by atoms with Gasteiger partial charge in [0.15, 0.2) is 0 Å². The van der Waals surface area contributed by atoms with Crippen molar-refractivity contribution < 1.29 is 0 Å². The van der Waals surface area contributed by atoms with Gasteiger partial charge in [-0.15, -0.1) is 36.2 Å². The molecule has 4 nitrogen and oxygen atoms in total. The van der Waals surface area contributed by atoms with E-state index in [1.54, 1.807) is 11.3 Å². The van der Waals surface area contributed by atoms with Crippen LogP contribution in [-0.2, 0) is 6.42 Å². The second-order valence-electron chi connectivity index (χ2n) is 6.88. The van der Waals surface area contributed by atoms with Crippen LogP contribution in [0.25, 0.3) is 11.3 Å². The number of hydrogen-bond acceptors (Lipinski definition) is 4. The molecule has 0 bridgehead atoms. The van der Waals surface area contributed by atoms with Crippen molar-refractivity contribution in [1.29, 1.82) is 5.26 Å². The largest absolute Gasteiger partial charge is 0.366 e. The summed E-state index contributed by atoms with van der Waals surface area (Å²) >= 11 is 1.67. The second kappa shape index (κ2) is 11.7. The van der Waals surface area contributed by atoms with Crippen LogP contribution in [0.4, 0.5) is 5.69 Å². The zero-order valence-corrected chi connectivity index (χ0v) is 20.0. The first-order valence-corrected chi connectivity index (χ1v) is 10.2. The molecule has 0 fully saturated rings. The Labute approximate surface area is 195 Å². The Kier molecular flexibility index (Phi) is 10.0. The molecule has 0 aliphatic heterocycles. The van der Waals surface area contributed by atoms with Crippen LogP contribution < -0.4 is 0 Å². The van der Waals surface area contributed by atoms with Crippen LogP contribution in [0.3, 0.4) is 0 Å². The summed E-state index contributed by atoms with van der Waals surface area (Å²) in [6, 6.07) is 14.1. The molecular weight excluding hydrogens is 435 g/mol. The monoisotopic (exact) mass is 460 g/mol. The van der Waals surface area contributed by atoms with Crippen molar-refractivity contribution in [3.05, 3.63) is 69.0 Å². The van der Waals surface area contributed by atoms with Gasteiger partial charge >= 0.3 is 0 Å². The summed E-state index contributed by atoms with van der Waals surface area (Å²) in [6.45, 7) is 7.27. The molecule has 0 spiro atoms. The molecule has 0 unspecified atom stereocenters. The third-order valence-electron chi connectivity index (χ3n) is 4.75. The van der Waals surface area contributed by atoms with Crippen LogP contribution in [0.15, 0.2) is 46.8 Å². The standard InChI is InChI=1S/C23H24N4S.2ClH/c1-5-27(4)15-25-21-11-16(2)20(10-17(21)3)12-23-26-22(14-28-23)19-8-6-18(13-24)7-9-19;;/h6-11,14-15H,5,12H2,1-4H3;2*1H. The lowest BCUT2D eigenvalue weighted by Gasteiger charge is -2.11. The van der Waals surface area contributed by atoms with Gasteiger partial charge in [-0.3, -0.25) is 0 Å². The number of benzene rings is 2. The average molecular weight is 461 g/mol. The van der Waals surface area contributed by atoms with Crippen LogP contribution in [0.5, 0.6) is 0 Å². The van der Waals surface area contributed by atoms with Crippen molar-refractivity contribution in [2.45, 2.75) is 27.2 Å². The van der Waals surface area contributed by atoms with E-state index in [-0.39, 0.29) is 24.8 Å². The van der Waals surface area contributed by atoms with Gasteiger partial charge < -0.3 is 4.90 Å². The van der Waals surface area contributed by atoms with Crippen molar-refractivity contribution in [3.63, 3.8) is 0 Å². The predicted molar refractivity (Wildman–Crippen MR) is 132 cm³/mol. The molecule has 0 aliphatic rings. The first-order chi connectivity index (χ1) is 13.5. The van der Waals surface area contributed by atoms with Crippen molar-refractivity contribution in [2.75, 3.05) is 13.6 Å². The van der Waals surface area contributed by atoms with E-state index in [9.17, 15) is 0 Å². The third kappa shape index (κ3) is 6.30. The first-order valence-electron chi connectivity index (χ1n) is 9.29. The van der Waals surface area contributed by atoms with Crippen LogP contribution >= 0.6 is 36.2 Å².